The lowest BCUT2D eigenvalue weighted by Crippen LogP contribution is -2.26. The summed E-state index contributed by atoms with van der Waals surface area (Å²) in [6, 6.07) is 4.30. The average Bonchev–Trinajstić information content (AvgIpc) is 2.42. The van der Waals surface area contributed by atoms with Crippen LogP contribution in [0.4, 0.5) is 5.69 Å². The minimum atomic E-state index is -0.108. The van der Waals surface area contributed by atoms with E-state index in [-0.39, 0.29) is 5.91 Å². The van der Waals surface area contributed by atoms with Gasteiger partial charge in [0, 0.05) is 24.5 Å². The number of carbonyl (C=O) groups excluding carboxylic acids is 1. The van der Waals surface area contributed by atoms with Gasteiger partial charge in [0.2, 0.25) is 0 Å². The Kier molecular flexibility index (Phi) is 4.77. The molecule has 4 heteroatoms. The molecule has 0 atom stereocenters. The molecule has 0 aliphatic heterocycles. The van der Waals surface area contributed by atoms with Gasteiger partial charge in [0.15, 0.2) is 0 Å². The second kappa shape index (κ2) is 6.55. The summed E-state index contributed by atoms with van der Waals surface area (Å²) in [4.78, 5) is 15.8. The number of rotatable bonds is 4. The van der Waals surface area contributed by atoms with Gasteiger partial charge in [0.1, 0.15) is 5.69 Å². The first-order valence-corrected chi connectivity index (χ1v) is 7.19. The van der Waals surface area contributed by atoms with Crippen molar-refractivity contribution in [2.45, 2.75) is 45.6 Å². The normalized spacial score (nSPS) is 22.8. The minimum Gasteiger partial charge on any atom is -0.382 e. The third kappa shape index (κ3) is 3.94. The van der Waals surface area contributed by atoms with E-state index < -0.39 is 0 Å². The number of nitrogens with one attached hydrogen (secondary N) is 2. The van der Waals surface area contributed by atoms with Crippen LogP contribution in [-0.2, 0) is 0 Å². The number of anilines is 1. The van der Waals surface area contributed by atoms with Crippen LogP contribution in [0.1, 0.15) is 50.0 Å². The molecule has 1 aromatic heterocycles. The Hall–Kier alpha value is -1.58. The molecule has 2 N–H and O–H groups in total. The standard InChI is InChI=1S/C15H23N3O/c1-3-16-15(19)14-10-13(8-9-17-14)18-12-6-4-11(2)5-7-12/h8-12H,3-7H2,1-2H3,(H,16,19)(H,17,18). The van der Waals surface area contributed by atoms with Crippen molar-refractivity contribution in [1.29, 1.82) is 0 Å². The van der Waals surface area contributed by atoms with E-state index in [9.17, 15) is 4.79 Å². The molecule has 0 bridgehead atoms. The number of amides is 1. The summed E-state index contributed by atoms with van der Waals surface area (Å²) in [5.41, 5.74) is 1.48. The molecule has 1 aromatic rings. The SMILES string of the molecule is CCNC(=O)c1cc(NC2CCC(C)CC2)ccn1. The molecular formula is C15H23N3O. The molecule has 0 aromatic carbocycles. The van der Waals surface area contributed by atoms with E-state index in [1.165, 1.54) is 25.7 Å². The lowest BCUT2D eigenvalue weighted by Gasteiger charge is -2.27. The molecule has 0 saturated heterocycles. The van der Waals surface area contributed by atoms with Gasteiger partial charge in [-0.05, 0) is 50.7 Å². The van der Waals surface area contributed by atoms with Crippen molar-refractivity contribution in [2.75, 3.05) is 11.9 Å². The predicted molar refractivity (Wildman–Crippen MR) is 77.3 cm³/mol. The number of carbonyl (C=O) groups is 1. The zero-order valence-electron chi connectivity index (χ0n) is 11.8. The smallest absolute Gasteiger partial charge is 0.269 e. The lowest BCUT2D eigenvalue weighted by molar-refractivity contribution is 0.0951. The van der Waals surface area contributed by atoms with Crippen LogP contribution in [0.3, 0.4) is 0 Å². The highest BCUT2D eigenvalue weighted by Gasteiger charge is 2.18. The molecular weight excluding hydrogens is 238 g/mol. The Morgan fingerprint density at radius 3 is 2.79 bits per heavy atom. The molecule has 1 saturated carbocycles. The number of aromatic nitrogens is 1. The molecule has 0 radical (unpaired) electrons. The molecule has 0 unspecified atom stereocenters. The quantitative estimate of drug-likeness (QED) is 0.876. The van der Waals surface area contributed by atoms with Crippen LogP contribution in [0.5, 0.6) is 0 Å². The predicted octanol–water partition coefficient (Wildman–Crippen LogP) is 2.82. The molecule has 1 aliphatic carbocycles. The topological polar surface area (TPSA) is 54.0 Å². The molecule has 1 amide bonds. The van der Waals surface area contributed by atoms with E-state index in [0.29, 0.717) is 18.3 Å². The van der Waals surface area contributed by atoms with Gasteiger partial charge in [-0.25, -0.2) is 0 Å². The summed E-state index contributed by atoms with van der Waals surface area (Å²) in [6.07, 6.45) is 6.68. The zero-order valence-corrected chi connectivity index (χ0v) is 11.8. The summed E-state index contributed by atoms with van der Waals surface area (Å²) in [7, 11) is 0. The van der Waals surface area contributed by atoms with Crippen LogP contribution >= 0.6 is 0 Å². The summed E-state index contributed by atoms with van der Waals surface area (Å²) in [5.74, 6) is 0.741. The van der Waals surface area contributed by atoms with Crippen molar-refractivity contribution < 1.29 is 4.79 Å². The van der Waals surface area contributed by atoms with E-state index in [0.717, 1.165) is 11.6 Å². The zero-order chi connectivity index (χ0) is 13.7. The first-order valence-electron chi connectivity index (χ1n) is 7.19. The molecule has 1 fully saturated rings. The monoisotopic (exact) mass is 261 g/mol. The van der Waals surface area contributed by atoms with Gasteiger partial charge in [0.05, 0.1) is 0 Å². The van der Waals surface area contributed by atoms with Crippen LogP contribution in [-0.4, -0.2) is 23.5 Å². The average molecular weight is 261 g/mol. The minimum absolute atomic E-state index is 0.108. The van der Waals surface area contributed by atoms with Crippen LogP contribution in [0.25, 0.3) is 0 Å². The highest BCUT2D eigenvalue weighted by Crippen LogP contribution is 2.26. The van der Waals surface area contributed by atoms with Crippen LogP contribution in [0.15, 0.2) is 18.3 Å². The van der Waals surface area contributed by atoms with Crippen molar-refractivity contribution in [3.05, 3.63) is 24.0 Å². The van der Waals surface area contributed by atoms with Crippen molar-refractivity contribution >= 4 is 11.6 Å². The maximum Gasteiger partial charge on any atom is 0.269 e. The molecule has 104 valence electrons. The highest BCUT2D eigenvalue weighted by molar-refractivity contribution is 5.93. The molecule has 1 heterocycles. The van der Waals surface area contributed by atoms with Gasteiger partial charge < -0.3 is 10.6 Å². The van der Waals surface area contributed by atoms with Gasteiger partial charge in [-0.1, -0.05) is 6.92 Å². The van der Waals surface area contributed by atoms with Crippen molar-refractivity contribution in [3.63, 3.8) is 0 Å². The summed E-state index contributed by atoms with van der Waals surface area (Å²) in [5, 5.41) is 6.29. The second-order valence-corrected chi connectivity index (χ2v) is 5.39. The van der Waals surface area contributed by atoms with Crippen molar-refractivity contribution in [2.24, 2.45) is 5.92 Å². The maximum atomic E-state index is 11.7. The molecule has 2 rings (SSSR count). The number of hydrogen-bond donors (Lipinski definition) is 2. The van der Waals surface area contributed by atoms with Crippen LogP contribution in [0, 0.1) is 5.92 Å². The van der Waals surface area contributed by atoms with Gasteiger partial charge in [-0.3, -0.25) is 9.78 Å². The van der Waals surface area contributed by atoms with Gasteiger partial charge in [-0.2, -0.15) is 0 Å². The van der Waals surface area contributed by atoms with Gasteiger partial charge in [0.25, 0.3) is 5.91 Å². The van der Waals surface area contributed by atoms with E-state index in [2.05, 4.69) is 22.5 Å². The largest absolute Gasteiger partial charge is 0.382 e. The van der Waals surface area contributed by atoms with Crippen molar-refractivity contribution in [3.8, 4) is 0 Å². The Bertz CT molecular complexity index is 425. The number of pyridine rings is 1. The Labute approximate surface area is 115 Å². The highest BCUT2D eigenvalue weighted by atomic mass is 16.1. The first-order chi connectivity index (χ1) is 9.19. The Morgan fingerprint density at radius 2 is 2.11 bits per heavy atom. The number of hydrogen-bond acceptors (Lipinski definition) is 3. The van der Waals surface area contributed by atoms with Gasteiger partial charge >= 0.3 is 0 Å². The van der Waals surface area contributed by atoms with Crippen molar-refractivity contribution in [1.82, 2.24) is 10.3 Å². The van der Waals surface area contributed by atoms with E-state index in [1.807, 2.05) is 19.1 Å². The first kappa shape index (κ1) is 13.8. The van der Waals surface area contributed by atoms with E-state index in [1.54, 1.807) is 6.20 Å². The number of nitrogens with zero attached hydrogens (tertiary/aromatic N) is 1. The van der Waals surface area contributed by atoms with E-state index >= 15 is 0 Å². The van der Waals surface area contributed by atoms with Crippen LogP contribution < -0.4 is 10.6 Å². The molecule has 0 spiro atoms. The summed E-state index contributed by atoms with van der Waals surface area (Å²) in [6.45, 7) is 4.84. The fraction of sp³-hybridized carbons (Fsp3) is 0.600. The fourth-order valence-corrected chi connectivity index (χ4v) is 2.54. The fourth-order valence-electron chi connectivity index (χ4n) is 2.54. The summed E-state index contributed by atoms with van der Waals surface area (Å²) >= 11 is 0. The lowest BCUT2D eigenvalue weighted by atomic mass is 9.87. The maximum absolute atomic E-state index is 11.7. The summed E-state index contributed by atoms with van der Waals surface area (Å²) < 4.78 is 0. The third-order valence-corrected chi connectivity index (χ3v) is 3.72. The Morgan fingerprint density at radius 1 is 1.37 bits per heavy atom. The molecule has 19 heavy (non-hydrogen) atoms. The third-order valence-electron chi connectivity index (χ3n) is 3.72. The second-order valence-electron chi connectivity index (χ2n) is 5.39. The molecule has 4 nitrogen and oxygen atoms in total. The van der Waals surface area contributed by atoms with E-state index in [4.69, 9.17) is 0 Å². The molecule has 1 aliphatic rings. The Balaban J connectivity index is 1.97. The van der Waals surface area contributed by atoms with Crippen LogP contribution in [0.2, 0.25) is 0 Å². The van der Waals surface area contributed by atoms with Gasteiger partial charge in [-0.15, -0.1) is 0 Å².